The molecule has 0 spiro atoms. The summed E-state index contributed by atoms with van der Waals surface area (Å²) in [4.78, 5) is 35.4. The maximum absolute atomic E-state index is 13.8. The van der Waals surface area contributed by atoms with Crippen molar-refractivity contribution in [2.24, 2.45) is 5.41 Å². The highest BCUT2D eigenvalue weighted by molar-refractivity contribution is 5.99. The van der Waals surface area contributed by atoms with Crippen LogP contribution in [0.2, 0.25) is 0 Å². The zero-order chi connectivity index (χ0) is 20.8. The van der Waals surface area contributed by atoms with Gasteiger partial charge in [0.15, 0.2) is 12.0 Å². The molecule has 0 aromatic heterocycles. The van der Waals surface area contributed by atoms with Crippen LogP contribution in [0.5, 0.6) is 5.75 Å². The van der Waals surface area contributed by atoms with E-state index in [1.807, 2.05) is 20.8 Å². The lowest BCUT2D eigenvalue weighted by Crippen LogP contribution is -2.39. The first-order valence-corrected chi connectivity index (χ1v) is 8.71. The van der Waals surface area contributed by atoms with E-state index in [2.05, 4.69) is 5.32 Å². The number of Topliss-reactive ketones (excluding diaryl/α,β-unsaturated/α-hetero) is 2. The standard InChI is InChI=1S/C20H28FNO5/c1-19(2,3)17(24)13-7-9-14(10-8-13)26-12-16(23)15(21)11-22-18(25)27-20(4,5)6/h7-10,15H,11-12H2,1-6H3,(H,22,25). The normalized spacial score (nSPS) is 12.9. The number of alkyl carbamates (subject to hydrolysis) is 1. The predicted octanol–water partition coefficient (Wildman–Crippen LogP) is 3.73. The van der Waals surface area contributed by atoms with Gasteiger partial charge in [-0.05, 0) is 45.0 Å². The van der Waals surface area contributed by atoms with Gasteiger partial charge in [0.2, 0.25) is 5.78 Å². The van der Waals surface area contributed by atoms with E-state index in [0.29, 0.717) is 11.3 Å². The minimum Gasteiger partial charge on any atom is -0.486 e. The van der Waals surface area contributed by atoms with Gasteiger partial charge < -0.3 is 14.8 Å². The molecule has 0 aliphatic rings. The summed E-state index contributed by atoms with van der Waals surface area (Å²) in [5, 5.41) is 2.20. The van der Waals surface area contributed by atoms with Crippen LogP contribution in [-0.2, 0) is 9.53 Å². The Labute approximate surface area is 159 Å². The Kier molecular flexibility index (Phi) is 7.51. The Morgan fingerprint density at radius 2 is 1.59 bits per heavy atom. The summed E-state index contributed by atoms with van der Waals surface area (Å²) in [6, 6.07) is 6.31. The number of amides is 1. The van der Waals surface area contributed by atoms with Crippen molar-refractivity contribution < 1.29 is 28.2 Å². The summed E-state index contributed by atoms with van der Waals surface area (Å²) >= 11 is 0. The van der Waals surface area contributed by atoms with E-state index in [4.69, 9.17) is 9.47 Å². The molecule has 1 atom stereocenters. The van der Waals surface area contributed by atoms with Crippen molar-refractivity contribution in [1.82, 2.24) is 5.32 Å². The Hall–Kier alpha value is -2.44. The minimum atomic E-state index is -1.90. The van der Waals surface area contributed by atoms with Crippen LogP contribution in [0.4, 0.5) is 9.18 Å². The van der Waals surface area contributed by atoms with Gasteiger partial charge in [-0.3, -0.25) is 9.59 Å². The number of ether oxygens (including phenoxy) is 2. The van der Waals surface area contributed by atoms with E-state index in [9.17, 15) is 18.8 Å². The highest BCUT2D eigenvalue weighted by Gasteiger charge is 2.23. The topological polar surface area (TPSA) is 81.7 Å². The molecule has 1 aromatic carbocycles. The van der Waals surface area contributed by atoms with Crippen LogP contribution < -0.4 is 10.1 Å². The SMILES string of the molecule is CC(C)(C)OC(=O)NCC(F)C(=O)COc1ccc(C(=O)C(C)(C)C)cc1. The molecule has 0 heterocycles. The van der Waals surface area contributed by atoms with Gasteiger partial charge in [-0.2, -0.15) is 0 Å². The third kappa shape index (κ3) is 8.19. The van der Waals surface area contributed by atoms with Gasteiger partial charge >= 0.3 is 6.09 Å². The van der Waals surface area contributed by atoms with E-state index >= 15 is 0 Å². The Balaban J connectivity index is 2.47. The number of benzene rings is 1. The van der Waals surface area contributed by atoms with Gasteiger partial charge in [0.05, 0.1) is 6.54 Å². The summed E-state index contributed by atoms with van der Waals surface area (Å²) in [6.45, 7) is 9.54. The van der Waals surface area contributed by atoms with Gasteiger partial charge in [0, 0.05) is 11.0 Å². The van der Waals surface area contributed by atoms with Crippen molar-refractivity contribution in [3.05, 3.63) is 29.8 Å². The number of rotatable bonds is 7. The van der Waals surface area contributed by atoms with Crippen LogP contribution >= 0.6 is 0 Å². The summed E-state index contributed by atoms with van der Waals surface area (Å²) < 4.78 is 24.1. The number of carbonyl (C=O) groups is 3. The van der Waals surface area contributed by atoms with E-state index in [0.717, 1.165) is 0 Å². The van der Waals surface area contributed by atoms with Crippen LogP contribution in [0.1, 0.15) is 51.9 Å². The molecule has 0 radical (unpaired) electrons. The van der Waals surface area contributed by atoms with Gasteiger partial charge in [-0.25, -0.2) is 9.18 Å². The van der Waals surface area contributed by atoms with E-state index < -0.39 is 42.2 Å². The van der Waals surface area contributed by atoms with Crippen molar-refractivity contribution in [2.45, 2.75) is 53.3 Å². The number of ketones is 2. The molecular formula is C20H28FNO5. The largest absolute Gasteiger partial charge is 0.486 e. The summed E-state index contributed by atoms with van der Waals surface area (Å²) in [5.74, 6) is -0.468. The van der Waals surface area contributed by atoms with Gasteiger partial charge in [0.1, 0.15) is 18.0 Å². The van der Waals surface area contributed by atoms with Crippen LogP contribution in [0.3, 0.4) is 0 Å². The highest BCUT2D eigenvalue weighted by Crippen LogP contribution is 2.22. The van der Waals surface area contributed by atoms with Gasteiger partial charge in [0.25, 0.3) is 0 Å². The van der Waals surface area contributed by atoms with Gasteiger partial charge in [-0.1, -0.05) is 20.8 Å². The molecule has 1 N–H and O–H groups in total. The first-order valence-electron chi connectivity index (χ1n) is 8.71. The zero-order valence-electron chi connectivity index (χ0n) is 16.7. The van der Waals surface area contributed by atoms with Crippen LogP contribution in [0, 0.1) is 5.41 Å². The molecule has 1 aromatic rings. The molecule has 0 fully saturated rings. The minimum absolute atomic E-state index is 0.0119. The first kappa shape index (κ1) is 22.6. The maximum Gasteiger partial charge on any atom is 0.407 e. The third-order valence-electron chi connectivity index (χ3n) is 3.35. The summed E-state index contributed by atoms with van der Waals surface area (Å²) in [5.41, 5.74) is -0.670. The number of hydrogen-bond acceptors (Lipinski definition) is 5. The molecule has 1 amide bonds. The Morgan fingerprint density at radius 1 is 1.04 bits per heavy atom. The van der Waals surface area contributed by atoms with Crippen molar-refractivity contribution in [1.29, 1.82) is 0 Å². The van der Waals surface area contributed by atoms with Gasteiger partial charge in [-0.15, -0.1) is 0 Å². The van der Waals surface area contributed by atoms with Crippen molar-refractivity contribution in [3.63, 3.8) is 0 Å². The molecule has 0 aliphatic heterocycles. The smallest absolute Gasteiger partial charge is 0.407 e. The fourth-order valence-electron chi connectivity index (χ4n) is 1.98. The Morgan fingerprint density at radius 3 is 2.07 bits per heavy atom. The Bertz CT molecular complexity index is 671. The lowest BCUT2D eigenvalue weighted by Gasteiger charge is -2.20. The van der Waals surface area contributed by atoms with Crippen LogP contribution in [-0.4, -0.2) is 42.6 Å². The number of hydrogen-bond donors (Lipinski definition) is 1. The fourth-order valence-corrected chi connectivity index (χ4v) is 1.98. The first-order chi connectivity index (χ1) is 12.3. The summed E-state index contributed by atoms with van der Waals surface area (Å²) in [6.07, 6.45) is -2.70. The molecule has 0 aliphatic carbocycles. The van der Waals surface area contributed by atoms with Crippen molar-refractivity contribution in [2.75, 3.05) is 13.2 Å². The maximum atomic E-state index is 13.8. The zero-order valence-corrected chi connectivity index (χ0v) is 16.7. The lowest BCUT2D eigenvalue weighted by atomic mass is 9.86. The lowest BCUT2D eigenvalue weighted by molar-refractivity contribution is -0.125. The molecule has 0 bridgehead atoms. The molecular weight excluding hydrogens is 353 g/mol. The monoisotopic (exact) mass is 381 g/mol. The molecule has 150 valence electrons. The molecule has 6 nitrogen and oxygen atoms in total. The van der Waals surface area contributed by atoms with E-state index in [1.54, 1.807) is 45.0 Å². The molecule has 0 saturated heterocycles. The molecule has 0 saturated carbocycles. The molecule has 7 heteroatoms. The average Bonchev–Trinajstić information content (AvgIpc) is 2.55. The van der Waals surface area contributed by atoms with Crippen LogP contribution in [0.15, 0.2) is 24.3 Å². The molecule has 1 unspecified atom stereocenters. The van der Waals surface area contributed by atoms with Crippen LogP contribution in [0.25, 0.3) is 0 Å². The van der Waals surface area contributed by atoms with E-state index in [1.165, 1.54) is 0 Å². The second-order valence-electron chi connectivity index (χ2n) is 8.21. The van der Waals surface area contributed by atoms with Crippen molar-refractivity contribution in [3.8, 4) is 5.75 Å². The van der Waals surface area contributed by atoms with E-state index in [-0.39, 0.29) is 5.78 Å². The average molecular weight is 381 g/mol. The third-order valence-corrected chi connectivity index (χ3v) is 3.35. The quantitative estimate of drug-likeness (QED) is 0.728. The molecule has 27 heavy (non-hydrogen) atoms. The number of alkyl halides is 1. The summed E-state index contributed by atoms with van der Waals surface area (Å²) in [7, 11) is 0. The number of halogens is 1. The predicted molar refractivity (Wildman–Crippen MR) is 99.9 cm³/mol. The fraction of sp³-hybridized carbons (Fsp3) is 0.550. The molecule has 1 rings (SSSR count). The van der Waals surface area contributed by atoms with Crippen molar-refractivity contribution >= 4 is 17.7 Å². The second-order valence-corrected chi connectivity index (χ2v) is 8.21. The number of carbonyl (C=O) groups excluding carboxylic acids is 3. The number of nitrogens with one attached hydrogen (secondary N) is 1. The second kappa shape index (κ2) is 8.97. The highest BCUT2D eigenvalue weighted by atomic mass is 19.1.